The minimum absolute atomic E-state index is 0.00669. The zero-order valence-corrected chi connectivity index (χ0v) is 18.8. The number of sulfone groups is 1. The van der Waals surface area contributed by atoms with Crippen LogP contribution in [0.1, 0.15) is 41.1 Å². The van der Waals surface area contributed by atoms with Crippen molar-refractivity contribution in [2.75, 3.05) is 18.1 Å². The summed E-state index contributed by atoms with van der Waals surface area (Å²) in [6.45, 7) is 2.38. The number of halogens is 1. The fourth-order valence-corrected chi connectivity index (χ4v) is 6.46. The minimum Gasteiger partial charge on any atom is -0.494 e. The van der Waals surface area contributed by atoms with Crippen molar-refractivity contribution in [3.63, 3.8) is 0 Å². The SMILES string of the molecule is CCOc1ccc(C2c3c(oc4ccc(Cl)cc4c3=O)C(=O)N2C2CCS(=O)(=O)C2)cc1. The molecule has 1 saturated heterocycles. The summed E-state index contributed by atoms with van der Waals surface area (Å²) in [4.78, 5) is 28.5. The Morgan fingerprint density at radius 2 is 1.91 bits per heavy atom. The summed E-state index contributed by atoms with van der Waals surface area (Å²) in [6, 6.07) is 10.5. The van der Waals surface area contributed by atoms with E-state index < -0.39 is 27.8 Å². The third kappa shape index (κ3) is 3.38. The first kappa shape index (κ1) is 21.0. The zero-order chi connectivity index (χ0) is 22.6. The molecule has 5 rings (SSSR count). The van der Waals surface area contributed by atoms with Gasteiger partial charge < -0.3 is 14.1 Å². The quantitative estimate of drug-likeness (QED) is 0.575. The molecular weight excluding hydrogens is 454 g/mol. The van der Waals surface area contributed by atoms with Crippen LogP contribution in [0.5, 0.6) is 5.75 Å². The molecule has 0 bridgehead atoms. The van der Waals surface area contributed by atoms with E-state index in [-0.39, 0.29) is 39.2 Å². The largest absolute Gasteiger partial charge is 0.494 e. The maximum Gasteiger partial charge on any atom is 0.291 e. The molecule has 166 valence electrons. The van der Waals surface area contributed by atoms with E-state index in [2.05, 4.69) is 0 Å². The van der Waals surface area contributed by atoms with Crippen molar-refractivity contribution in [3.05, 3.63) is 74.6 Å². The van der Waals surface area contributed by atoms with Gasteiger partial charge in [0.05, 0.1) is 35.1 Å². The van der Waals surface area contributed by atoms with Gasteiger partial charge in [-0.25, -0.2) is 8.42 Å². The van der Waals surface area contributed by atoms with Gasteiger partial charge in [0.1, 0.15) is 11.3 Å². The van der Waals surface area contributed by atoms with Gasteiger partial charge in [-0.3, -0.25) is 9.59 Å². The first-order chi connectivity index (χ1) is 15.3. The van der Waals surface area contributed by atoms with E-state index in [1.54, 1.807) is 36.4 Å². The monoisotopic (exact) mass is 473 g/mol. The van der Waals surface area contributed by atoms with Crippen LogP contribution >= 0.6 is 11.6 Å². The lowest BCUT2D eigenvalue weighted by molar-refractivity contribution is 0.0662. The van der Waals surface area contributed by atoms with Gasteiger partial charge >= 0.3 is 0 Å². The average molecular weight is 474 g/mol. The van der Waals surface area contributed by atoms with Gasteiger partial charge in [0.15, 0.2) is 15.3 Å². The number of hydrogen-bond acceptors (Lipinski definition) is 6. The number of amides is 1. The lowest BCUT2D eigenvalue weighted by Gasteiger charge is -2.30. The van der Waals surface area contributed by atoms with Gasteiger partial charge in [-0.1, -0.05) is 23.7 Å². The highest BCUT2D eigenvalue weighted by Gasteiger charge is 2.48. The summed E-state index contributed by atoms with van der Waals surface area (Å²) < 4.78 is 35.7. The number of carbonyl (C=O) groups excluding carboxylic acids is 1. The minimum atomic E-state index is -3.26. The number of fused-ring (bicyclic) bond motifs is 2. The lowest BCUT2D eigenvalue weighted by Crippen LogP contribution is -2.40. The fourth-order valence-electron chi connectivity index (χ4n) is 4.57. The first-order valence-corrected chi connectivity index (χ1v) is 12.5. The molecule has 2 aliphatic heterocycles. The van der Waals surface area contributed by atoms with Gasteiger partial charge in [0.25, 0.3) is 5.91 Å². The van der Waals surface area contributed by atoms with E-state index in [1.165, 1.54) is 11.0 Å². The standard InChI is InChI=1S/C23H20ClNO6S/c1-2-30-16-6-3-13(4-7-16)20-19-21(26)17-11-14(24)5-8-18(17)31-22(19)23(27)25(20)15-9-10-32(28,29)12-15/h3-8,11,15,20H,2,9-10,12H2,1H3. The van der Waals surface area contributed by atoms with Crippen LogP contribution in [0.25, 0.3) is 11.0 Å². The smallest absolute Gasteiger partial charge is 0.291 e. The zero-order valence-electron chi connectivity index (χ0n) is 17.2. The van der Waals surface area contributed by atoms with E-state index in [4.69, 9.17) is 20.8 Å². The van der Waals surface area contributed by atoms with Crippen molar-refractivity contribution in [2.45, 2.75) is 25.4 Å². The van der Waals surface area contributed by atoms with Crippen molar-refractivity contribution in [3.8, 4) is 5.75 Å². The number of benzene rings is 2. The predicted molar refractivity (Wildman–Crippen MR) is 120 cm³/mol. The topological polar surface area (TPSA) is 93.9 Å². The molecule has 7 nitrogen and oxygen atoms in total. The highest BCUT2D eigenvalue weighted by molar-refractivity contribution is 7.91. The first-order valence-electron chi connectivity index (χ1n) is 10.3. The second-order valence-corrected chi connectivity index (χ2v) is 10.7. The Morgan fingerprint density at radius 3 is 2.56 bits per heavy atom. The van der Waals surface area contributed by atoms with Crippen LogP contribution in [-0.2, 0) is 9.84 Å². The third-order valence-corrected chi connectivity index (χ3v) is 7.96. The highest BCUT2D eigenvalue weighted by Crippen LogP contribution is 2.41. The summed E-state index contributed by atoms with van der Waals surface area (Å²) >= 11 is 6.10. The molecule has 1 aromatic heterocycles. The second kappa shape index (κ2) is 7.64. The average Bonchev–Trinajstić information content (AvgIpc) is 3.26. The molecule has 0 saturated carbocycles. The summed E-state index contributed by atoms with van der Waals surface area (Å²) in [7, 11) is -3.26. The van der Waals surface area contributed by atoms with E-state index in [0.717, 1.165) is 0 Å². The molecular formula is C23H20ClNO6S. The molecule has 9 heteroatoms. The van der Waals surface area contributed by atoms with E-state index in [9.17, 15) is 18.0 Å². The Bertz CT molecular complexity index is 1400. The molecule has 32 heavy (non-hydrogen) atoms. The van der Waals surface area contributed by atoms with E-state index in [1.807, 2.05) is 6.92 Å². The third-order valence-electron chi connectivity index (χ3n) is 5.98. The number of nitrogens with zero attached hydrogens (tertiary/aromatic N) is 1. The summed E-state index contributed by atoms with van der Waals surface area (Å²) in [5.74, 6) is 0.00284. The highest BCUT2D eigenvalue weighted by atomic mass is 35.5. The van der Waals surface area contributed by atoms with Crippen LogP contribution < -0.4 is 10.2 Å². The summed E-state index contributed by atoms with van der Waals surface area (Å²) in [5, 5.41) is 0.659. The Kier molecular flexibility index (Phi) is 5.02. The lowest BCUT2D eigenvalue weighted by atomic mass is 9.97. The normalized spacial score (nSPS) is 21.8. The van der Waals surface area contributed by atoms with Crippen LogP contribution in [0.15, 0.2) is 51.7 Å². The molecule has 2 atom stereocenters. The number of carbonyl (C=O) groups is 1. The molecule has 0 aliphatic carbocycles. The molecule has 2 unspecified atom stereocenters. The van der Waals surface area contributed by atoms with Crippen molar-refractivity contribution in [1.29, 1.82) is 0 Å². The van der Waals surface area contributed by atoms with Gasteiger partial charge in [0.2, 0.25) is 5.76 Å². The summed E-state index contributed by atoms with van der Waals surface area (Å²) in [6.07, 6.45) is 0.315. The van der Waals surface area contributed by atoms with Crippen LogP contribution in [0, 0.1) is 0 Å². The Hall–Kier alpha value is -2.84. The van der Waals surface area contributed by atoms with Crippen molar-refractivity contribution < 1.29 is 22.4 Å². The van der Waals surface area contributed by atoms with Gasteiger partial charge in [-0.2, -0.15) is 0 Å². The Balaban J connectivity index is 1.72. The van der Waals surface area contributed by atoms with Crippen molar-refractivity contribution >= 4 is 38.3 Å². The van der Waals surface area contributed by atoms with Crippen molar-refractivity contribution in [2.24, 2.45) is 0 Å². The Labute approximate surface area is 189 Å². The number of ether oxygens (including phenoxy) is 1. The molecule has 1 amide bonds. The molecule has 2 aliphatic rings. The second-order valence-electron chi connectivity index (χ2n) is 7.99. The van der Waals surface area contributed by atoms with Crippen LogP contribution in [-0.4, -0.2) is 43.4 Å². The van der Waals surface area contributed by atoms with E-state index >= 15 is 0 Å². The van der Waals surface area contributed by atoms with Crippen LogP contribution in [0.4, 0.5) is 0 Å². The van der Waals surface area contributed by atoms with Crippen molar-refractivity contribution in [1.82, 2.24) is 4.90 Å². The number of hydrogen-bond donors (Lipinski definition) is 0. The van der Waals surface area contributed by atoms with E-state index in [0.29, 0.717) is 29.4 Å². The van der Waals surface area contributed by atoms with Gasteiger partial charge in [-0.15, -0.1) is 0 Å². The summed E-state index contributed by atoms with van der Waals surface area (Å²) in [5.41, 5.74) is 0.800. The number of rotatable bonds is 4. The fraction of sp³-hybridized carbons (Fsp3) is 0.304. The molecule has 3 heterocycles. The molecule has 0 N–H and O–H groups in total. The predicted octanol–water partition coefficient (Wildman–Crippen LogP) is 3.58. The van der Waals surface area contributed by atoms with Gasteiger partial charge in [0, 0.05) is 11.1 Å². The Morgan fingerprint density at radius 1 is 1.16 bits per heavy atom. The maximum absolute atomic E-state index is 13.5. The molecule has 2 aromatic carbocycles. The molecule has 3 aromatic rings. The molecule has 0 spiro atoms. The molecule has 0 radical (unpaired) electrons. The van der Waals surface area contributed by atoms with Crippen LogP contribution in [0.2, 0.25) is 5.02 Å². The molecule has 1 fully saturated rings. The maximum atomic E-state index is 13.5. The van der Waals surface area contributed by atoms with Crippen LogP contribution in [0.3, 0.4) is 0 Å². The van der Waals surface area contributed by atoms with Gasteiger partial charge in [-0.05, 0) is 49.2 Å².